The molecule has 0 aromatic carbocycles. The lowest BCUT2D eigenvalue weighted by molar-refractivity contribution is 0.0601. The Kier molecular flexibility index (Phi) is 5.12. The Bertz CT molecular complexity index is 201. The van der Waals surface area contributed by atoms with Crippen LogP contribution in [0, 0.1) is 11.3 Å². The molecule has 16 heavy (non-hydrogen) atoms. The fourth-order valence-electron chi connectivity index (χ4n) is 2.64. The fraction of sp³-hybridized carbons (Fsp3) is 1.00. The van der Waals surface area contributed by atoms with Gasteiger partial charge in [-0.2, -0.15) is 0 Å². The highest BCUT2D eigenvalue weighted by Gasteiger charge is 2.31. The largest absolute Gasteiger partial charge is 0.316 e. The van der Waals surface area contributed by atoms with Crippen molar-refractivity contribution in [2.45, 2.75) is 33.1 Å². The molecular formula is C12H24F2N2. The maximum atomic E-state index is 12.2. The summed E-state index contributed by atoms with van der Waals surface area (Å²) in [6.45, 7) is 7.11. The van der Waals surface area contributed by atoms with E-state index in [9.17, 15) is 8.78 Å². The van der Waals surface area contributed by atoms with Gasteiger partial charge in [-0.25, -0.2) is 8.78 Å². The summed E-state index contributed by atoms with van der Waals surface area (Å²) < 4.78 is 24.5. The van der Waals surface area contributed by atoms with Gasteiger partial charge in [0.05, 0.1) is 6.54 Å². The molecule has 0 aliphatic carbocycles. The first-order chi connectivity index (χ1) is 7.42. The Morgan fingerprint density at radius 2 is 2.12 bits per heavy atom. The number of piperidine rings is 1. The number of alkyl halides is 2. The summed E-state index contributed by atoms with van der Waals surface area (Å²) in [5.74, 6) is 0.598. The Hall–Kier alpha value is -0.220. The highest BCUT2D eigenvalue weighted by atomic mass is 19.3. The molecule has 0 aromatic rings. The molecule has 0 saturated carbocycles. The van der Waals surface area contributed by atoms with Gasteiger partial charge in [-0.1, -0.05) is 13.8 Å². The first-order valence-electron chi connectivity index (χ1n) is 6.09. The predicted octanol–water partition coefficient (Wildman–Crippen LogP) is 2.21. The van der Waals surface area contributed by atoms with E-state index in [1.807, 2.05) is 0 Å². The van der Waals surface area contributed by atoms with Gasteiger partial charge in [0.2, 0.25) is 0 Å². The SMILES string of the molecule is CN(CC(F)F)CC(C)(C)C1CCCNC1. The Morgan fingerprint density at radius 1 is 1.44 bits per heavy atom. The minimum Gasteiger partial charge on any atom is -0.316 e. The number of hydrogen-bond donors (Lipinski definition) is 1. The second-order valence-electron chi connectivity index (χ2n) is 5.62. The van der Waals surface area contributed by atoms with Gasteiger partial charge < -0.3 is 10.2 Å². The number of rotatable bonds is 5. The van der Waals surface area contributed by atoms with Gasteiger partial charge in [-0.3, -0.25) is 0 Å². The summed E-state index contributed by atoms with van der Waals surface area (Å²) in [5.41, 5.74) is 0.108. The summed E-state index contributed by atoms with van der Waals surface area (Å²) in [6.07, 6.45) is 0.181. The van der Waals surface area contributed by atoms with Crippen molar-refractivity contribution < 1.29 is 8.78 Å². The molecule has 2 nitrogen and oxygen atoms in total. The molecule has 0 spiro atoms. The standard InChI is InChI=1S/C12H24F2N2/c1-12(2,9-16(3)8-11(13)14)10-5-4-6-15-7-10/h10-11,15H,4-9H2,1-3H3. The topological polar surface area (TPSA) is 15.3 Å². The van der Waals surface area contributed by atoms with Crippen LogP contribution in [0.5, 0.6) is 0 Å². The van der Waals surface area contributed by atoms with Gasteiger partial charge in [0, 0.05) is 6.54 Å². The van der Waals surface area contributed by atoms with Crippen molar-refractivity contribution in [2.24, 2.45) is 11.3 Å². The van der Waals surface area contributed by atoms with Crippen LogP contribution in [-0.2, 0) is 0 Å². The highest BCUT2D eigenvalue weighted by Crippen LogP contribution is 2.32. The fourth-order valence-corrected chi connectivity index (χ4v) is 2.64. The highest BCUT2D eigenvalue weighted by molar-refractivity contribution is 4.85. The third-order valence-electron chi connectivity index (χ3n) is 3.53. The predicted molar refractivity (Wildman–Crippen MR) is 62.9 cm³/mol. The van der Waals surface area contributed by atoms with Crippen LogP contribution in [0.3, 0.4) is 0 Å². The van der Waals surface area contributed by atoms with Crippen molar-refractivity contribution in [3.05, 3.63) is 0 Å². The molecule has 4 heteroatoms. The molecule has 1 heterocycles. The summed E-state index contributed by atoms with van der Waals surface area (Å²) in [6, 6.07) is 0. The normalized spacial score (nSPS) is 23.1. The maximum absolute atomic E-state index is 12.2. The number of halogens is 2. The quantitative estimate of drug-likeness (QED) is 0.784. The lowest BCUT2D eigenvalue weighted by Gasteiger charge is -2.39. The lowest BCUT2D eigenvalue weighted by atomic mass is 9.74. The molecule has 1 aliphatic heterocycles. The Labute approximate surface area is 97.4 Å². The number of nitrogens with zero attached hydrogens (tertiary/aromatic N) is 1. The Morgan fingerprint density at radius 3 is 2.62 bits per heavy atom. The van der Waals surface area contributed by atoms with E-state index in [1.54, 1.807) is 11.9 Å². The molecule has 96 valence electrons. The first-order valence-corrected chi connectivity index (χ1v) is 6.09. The van der Waals surface area contributed by atoms with Crippen molar-refractivity contribution in [3.8, 4) is 0 Å². The van der Waals surface area contributed by atoms with Crippen molar-refractivity contribution in [1.82, 2.24) is 10.2 Å². The van der Waals surface area contributed by atoms with Crippen LogP contribution >= 0.6 is 0 Å². The number of hydrogen-bond acceptors (Lipinski definition) is 2. The number of nitrogens with one attached hydrogen (secondary N) is 1. The molecule has 1 saturated heterocycles. The summed E-state index contributed by atoms with van der Waals surface area (Å²) >= 11 is 0. The maximum Gasteiger partial charge on any atom is 0.251 e. The second-order valence-corrected chi connectivity index (χ2v) is 5.62. The van der Waals surface area contributed by atoms with Crippen molar-refractivity contribution in [2.75, 3.05) is 33.2 Å². The zero-order valence-corrected chi connectivity index (χ0v) is 10.6. The van der Waals surface area contributed by atoms with E-state index in [0.29, 0.717) is 5.92 Å². The van der Waals surface area contributed by atoms with Crippen molar-refractivity contribution >= 4 is 0 Å². The molecule has 1 atom stereocenters. The third-order valence-corrected chi connectivity index (χ3v) is 3.53. The van der Waals surface area contributed by atoms with Gasteiger partial charge in [0.1, 0.15) is 0 Å². The van der Waals surface area contributed by atoms with Gasteiger partial charge in [-0.05, 0) is 44.3 Å². The smallest absolute Gasteiger partial charge is 0.251 e. The summed E-state index contributed by atoms with van der Waals surface area (Å²) in [4.78, 5) is 1.75. The molecule has 1 rings (SSSR count). The van der Waals surface area contributed by atoms with Gasteiger partial charge in [0.15, 0.2) is 0 Å². The minimum atomic E-state index is -2.23. The lowest BCUT2D eigenvalue weighted by Crippen LogP contribution is -2.44. The molecule has 0 radical (unpaired) electrons. The van der Waals surface area contributed by atoms with E-state index in [1.165, 1.54) is 12.8 Å². The molecular weight excluding hydrogens is 210 g/mol. The molecule has 0 aromatic heterocycles. The van der Waals surface area contributed by atoms with Crippen LogP contribution in [0.15, 0.2) is 0 Å². The van der Waals surface area contributed by atoms with E-state index < -0.39 is 6.43 Å². The van der Waals surface area contributed by atoms with Gasteiger partial charge in [-0.15, -0.1) is 0 Å². The molecule has 1 N–H and O–H groups in total. The zero-order chi connectivity index (χ0) is 12.2. The van der Waals surface area contributed by atoms with Gasteiger partial charge >= 0.3 is 0 Å². The Balaban J connectivity index is 2.42. The summed E-state index contributed by atoms with van der Waals surface area (Å²) in [5, 5.41) is 3.39. The molecule has 1 unspecified atom stereocenters. The first kappa shape index (κ1) is 13.8. The van der Waals surface area contributed by atoms with Crippen LogP contribution in [-0.4, -0.2) is 44.6 Å². The summed E-state index contributed by atoms with van der Waals surface area (Å²) in [7, 11) is 1.78. The van der Waals surface area contributed by atoms with Crippen LogP contribution < -0.4 is 5.32 Å². The molecule has 1 aliphatic rings. The molecule has 0 amide bonds. The van der Waals surface area contributed by atoms with Crippen LogP contribution in [0.4, 0.5) is 8.78 Å². The second kappa shape index (κ2) is 5.92. The van der Waals surface area contributed by atoms with E-state index in [-0.39, 0.29) is 12.0 Å². The minimum absolute atomic E-state index is 0.108. The third kappa shape index (κ3) is 4.34. The average Bonchev–Trinajstić information content (AvgIpc) is 2.16. The van der Waals surface area contributed by atoms with Crippen molar-refractivity contribution in [1.29, 1.82) is 0 Å². The van der Waals surface area contributed by atoms with E-state index in [4.69, 9.17) is 0 Å². The van der Waals surface area contributed by atoms with E-state index >= 15 is 0 Å². The zero-order valence-electron chi connectivity index (χ0n) is 10.6. The van der Waals surface area contributed by atoms with Crippen LogP contribution in [0.1, 0.15) is 26.7 Å². The van der Waals surface area contributed by atoms with Crippen LogP contribution in [0.25, 0.3) is 0 Å². The molecule has 0 bridgehead atoms. The monoisotopic (exact) mass is 234 g/mol. The van der Waals surface area contributed by atoms with E-state index in [2.05, 4.69) is 19.2 Å². The van der Waals surface area contributed by atoms with E-state index in [0.717, 1.165) is 19.6 Å². The van der Waals surface area contributed by atoms with Gasteiger partial charge in [0.25, 0.3) is 6.43 Å². The van der Waals surface area contributed by atoms with Crippen LogP contribution in [0.2, 0.25) is 0 Å². The van der Waals surface area contributed by atoms with Crippen molar-refractivity contribution in [3.63, 3.8) is 0 Å². The molecule has 1 fully saturated rings. The average molecular weight is 234 g/mol.